The van der Waals surface area contributed by atoms with E-state index in [1.165, 1.54) is 22.7 Å². The van der Waals surface area contributed by atoms with Gasteiger partial charge in [-0.05, 0) is 19.9 Å². The van der Waals surface area contributed by atoms with Gasteiger partial charge < -0.3 is 4.90 Å². The lowest BCUT2D eigenvalue weighted by atomic mass is 10.2. The monoisotopic (exact) mass is 415 g/mol. The van der Waals surface area contributed by atoms with Gasteiger partial charge in [-0.3, -0.25) is 10.1 Å². The number of hydrogen-bond donors (Lipinski definition) is 1. The zero-order valence-corrected chi connectivity index (χ0v) is 17.2. The summed E-state index contributed by atoms with van der Waals surface area (Å²) in [6.45, 7) is 6.07. The summed E-state index contributed by atoms with van der Waals surface area (Å²) >= 11 is 4.39. The summed E-state index contributed by atoms with van der Waals surface area (Å²) in [5.41, 5.74) is 0.986. The molecular weight excluding hydrogens is 398 g/mol. The van der Waals surface area contributed by atoms with Crippen molar-refractivity contribution >= 4 is 59.7 Å². The average molecular weight is 416 g/mol. The number of thiazole rings is 1. The third-order valence-corrected chi connectivity index (χ3v) is 7.11. The number of carbonyl (C=O) groups is 1. The number of amides is 1. The highest BCUT2D eigenvalue weighted by Gasteiger charge is 2.17. The van der Waals surface area contributed by atoms with Crippen molar-refractivity contribution in [3.63, 3.8) is 0 Å². The number of nitrogens with zero attached hydrogens (tertiary/aromatic N) is 4. The topological polar surface area (TPSA) is 71.0 Å². The number of carbonyl (C=O) groups excluding carboxylic acids is 1. The van der Waals surface area contributed by atoms with Gasteiger partial charge in [0, 0.05) is 18.7 Å². The van der Waals surface area contributed by atoms with Crippen LogP contribution in [0.1, 0.15) is 23.5 Å². The lowest BCUT2D eigenvalue weighted by molar-refractivity contribution is 0.103. The summed E-state index contributed by atoms with van der Waals surface area (Å²) in [6, 6.07) is 11.7. The van der Waals surface area contributed by atoms with Crippen LogP contribution < -0.4 is 10.2 Å². The van der Waals surface area contributed by atoms with Gasteiger partial charge in [-0.2, -0.15) is 0 Å². The smallest absolute Gasteiger partial charge is 0.267 e. The van der Waals surface area contributed by atoms with E-state index < -0.39 is 0 Å². The number of fused-ring (bicyclic) bond motifs is 1. The highest BCUT2D eigenvalue weighted by molar-refractivity contribution is 7.29. The van der Waals surface area contributed by atoms with Crippen LogP contribution in [0.4, 0.5) is 10.3 Å². The first-order valence-electron chi connectivity index (χ1n) is 8.53. The Balaban J connectivity index is 1.50. The van der Waals surface area contributed by atoms with Gasteiger partial charge in [-0.1, -0.05) is 53.0 Å². The fourth-order valence-electron chi connectivity index (χ4n) is 2.59. The number of benzene rings is 1. The molecule has 6 nitrogen and oxygen atoms in total. The Morgan fingerprint density at radius 1 is 1.07 bits per heavy atom. The van der Waals surface area contributed by atoms with E-state index in [1.54, 1.807) is 11.3 Å². The maximum Gasteiger partial charge on any atom is 0.267 e. The summed E-state index contributed by atoms with van der Waals surface area (Å²) < 4.78 is 1.04. The molecule has 0 fully saturated rings. The SMILES string of the molecule is CCN(CC)c1nc2sc(C(=O)Nc3nnc(-c4ccccc4)s3)cc2s1. The van der Waals surface area contributed by atoms with Crippen LogP contribution in [0.5, 0.6) is 0 Å². The normalized spacial score (nSPS) is 11.0. The van der Waals surface area contributed by atoms with Crippen molar-refractivity contribution in [2.75, 3.05) is 23.3 Å². The maximum atomic E-state index is 12.6. The largest absolute Gasteiger partial charge is 0.349 e. The third kappa shape index (κ3) is 3.71. The summed E-state index contributed by atoms with van der Waals surface area (Å²) in [6.07, 6.45) is 0. The number of aromatic nitrogens is 3. The minimum Gasteiger partial charge on any atom is -0.349 e. The number of rotatable bonds is 6. The molecule has 3 aromatic heterocycles. The Labute approximate surface area is 168 Å². The molecule has 138 valence electrons. The highest BCUT2D eigenvalue weighted by atomic mass is 32.1. The zero-order chi connectivity index (χ0) is 18.8. The number of nitrogens with one attached hydrogen (secondary N) is 1. The molecule has 4 aromatic rings. The minimum absolute atomic E-state index is 0.176. The number of anilines is 2. The van der Waals surface area contributed by atoms with Crippen molar-refractivity contribution in [1.82, 2.24) is 15.2 Å². The van der Waals surface area contributed by atoms with Crippen molar-refractivity contribution < 1.29 is 4.79 Å². The molecule has 0 spiro atoms. The van der Waals surface area contributed by atoms with Crippen molar-refractivity contribution in [2.45, 2.75) is 13.8 Å². The lowest BCUT2D eigenvalue weighted by Crippen LogP contribution is -2.21. The van der Waals surface area contributed by atoms with Crippen LogP contribution in [0.25, 0.3) is 20.1 Å². The molecule has 1 aromatic carbocycles. The van der Waals surface area contributed by atoms with Gasteiger partial charge in [-0.25, -0.2) is 4.98 Å². The van der Waals surface area contributed by atoms with Crippen molar-refractivity contribution in [2.24, 2.45) is 0 Å². The van der Waals surface area contributed by atoms with Crippen molar-refractivity contribution in [3.8, 4) is 10.6 Å². The summed E-state index contributed by atoms with van der Waals surface area (Å²) in [5.74, 6) is -0.176. The molecule has 0 aliphatic heterocycles. The number of hydrogen-bond acceptors (Lipinski definition) is 8. The average Bonchev–Trinajstić information content (AvgIpc) is 3.38. The quantitative estimate of drug-likeness (QED) is 0.481. The van der Waals surface area contributed by atoms with Crippen LogP contribution in [0.15, 0.2) is 36.4 Å². The van der Waals surface area contributed by atoms with Crippen LogP contribution in [-0.4, -0.2) is 34.2 Å². The van der Waals surface area contributed by atoms with E-state index in [0.29, 0.717) is 10.0 Å². The molecule has 0 unspecified atom stereocenters. The summed E-state index contributed by atoms with van der Waals surface area (Å²) in [7, 11) is 0. The van der Waals surface area contributed by atoms with E-state index in [0.717, 1.165) is 38.3 Å². The Morgan fingerprint density at radius 2 is 1.85 bits per heavy atom. The lowest BCUT2D eigenvalue weighted by Gasteiger charge is -2.16. The molecule has 27 heavy (non-hydrogen) atoms. The van der Waals surface area contributed by atoms with Crippen LogP contribution >= 0.6 is 34.0 Å². The molecular formula is C18H17N5OS3. The molecule has 0 saturated carbocycles. The Kier molecular flexibility index (Phi) is 5.15. The van der Waals surface area contributed by atoms with Crippen LogP contribution in [0, 0.1) is 0 Å². The van der Waals surface area contributed by atoms with Gasteiger partial charge in [0.1, 0.15) is 9.84 Å². The fourth-order valence-corrected chi connectivity index (χ4v) is 5.57. The summed E-state index contributed by atoms with van der Waals surface area (Å²) in [4.78, 5) is 21.0. The minimum atomic E-state index is -0.176. The molecule has 0 saturated heterocycles. The van der Waals surface area contributed by atoms with Crippen molar-refractivity contribution in [1.29, 1.82) is 0 Å². The molecule has 1 N–H and O–H groups in total. The number of thiophene rings is 1. The van der Waals surface area contributed by atoms with Crippen LogP contribution in [-0.2, 0) is 0 Å². The molecule has 0 aliphatic carbocycles. The standard InChI is InChI=1S/C18H17N5OS3/c1-3-23(4-2)18-20-16-13(26-18)10-12(25-16)14(24)19-17-22-21-15(27-17)11-8-6-5-7-9-11/h5-10H,3-4H2,1-2H3,(H,19,22,24). The first-order valence-corrected chi connectivity index (χ1v) is 11.0. The molecule has 9 heteroatoms. The van der Waals surface area contributed by atoms with Gasteiger partial charge in [0.05, 0.1) is 9.58 Å². The van der Waals surface area contributed by atoms with E-state index in [4.69, 9.17) is 0 Å². The summed E-state index contributed by atoms with van der Waals surface area (Å²) in [5, 5.41) is 13.4. The highest BCUT2D eigenvalue weighted by Crippen LogP contribution is 2.35. The van der Waals surface area contributed by atoms with Gasteiger partial charge in [0.2, 0.25) is 5.13 Å². The maximum absolute atomic E-state index is 12.6. The molecule has 0 aliphatic rings. The van der Waals surface area contributed by atoms with Gasteiger partial charge in [0.25, 0.3) is 5.91 Å². The molecule has 1 amide bonds. The molecule has 0 radical (unpaired) electrons. The predicted molar refractivity (Wildman–Crippen MR) is 114 cm³/mol. The van der Waals surface area contributed by atoms with E-state index in [2.05, 4.69) is 39.2 Å². The van der Waals surface area contributed by atoms with E-state index >= 15 is 0 Å². The second-order valence-corrected chi connectivity index (χ2v) is 8.70. The molecule has 3 heterocycles. The Morgan fingerprint density at radius 3 is 2.56 bits per heavy atom. The van der Waals surface area contributed by atoms with Crippen molar-refractivity contribution in [3.05, 3.63) is 41.3 Å². The fraction of sp³-hybridized carbons (Fsp3) is 0.222. The second-order valence-electron chi connectivity index (χ2n) is 5.68. The van der Waals surface area contributed by atoms with E-state index in [9.17, 15) is 4.79 Å². The second kappa shape index (κ2) is 7.71. The first kappa shape index (κ1) is 18.0. The predicted octanol–water partition coefficient (Wildman–Crippen LogP) is 4.97. The van der Waals surface area contributed by atoms with E-state index in [1.807, 2.05) is 36.4 Å². The van der Waals surface area contributed by atoms with Crippen LogP contribution in [0.2, 0.25) is 0 Å². The molecule has 0 bridgehead atoms. The third-order valence-electron chi connectivity index (χ3n) is 4.00. The Hall–Kier alpha value is -2.36. The van der Waals surface area contributed by atoms with Gasteiger partial charge in [-0.15, -0.1) is 21.5 Å². The first-order chi connectivity index (χ1) is 13.2. The molecule has 0 atom stereocenters. The van der Waals surface area contributed by atoms with Crippen LogP contribution in [0.3, 0.4) is 0 Å². The Bertz CT molecular complexity index is 1030. The molecule has 4 rings (SSSR count). The van der Waals surface area contributed by atoms with Gasteiger partial charge in [0.15, 0.2) is 5.13 Å². The van der Waals surface area contributed by atoms with Gasteiger partial charge >= 0.3 is 0 Å². The van der Waals surface area contributed by atoms with E-state index in [-0.39, 0.29) is 5.91 Å². The zero-order valence-electron chi connectivity index (χ0n) is 14.8.